The fourth-order valence-electron chi connectivity index (χ4n) is 4.51. The first-order chi connectivity index (χ1) is 18.1. The van der Waals surface area contributed by atoms with Crippen LogP contribution >= 0.6 is 0 Å². The van der Waals surface area contributed by atoms with Crippen molar-refractivity contribution >= 4 is 5.91 Å². The van der Waals surface area contributed by atoms with Gasteiger partial charge in [0.05, 0.1) is 18.8 Å². The van der Waals surface area contributed by atoms with Crippen molar-refractivity contribution in [2.45, 2.75) is 57.4 Å². The fraction of sp³-hybridized carbons (Fsp3) is 0.367. The number of amides is 1. The zero-order valence-corrected chi connectivity index (χ0v) is 21.8. The number of rotatable bonds is 9. The van der Waals surface area contributed by atoms with Gasteiger partial charge in [-0.2, -0.15) is 0 Å². The van der Waals surface area contributed by atoms with Crippen molar-refractivity contribution in [3.63, 3.8) is 0 Å². The van der Waals surface area contributed by atoms with Crippen LogP contribution in [0.1, 0.15) is 54.7 Å². The third kappa shape index (κ3) is 7.52. The van der Waals surface area contributed by atoms with Gasteiger partial charge >= 0.3 is 0 Å². The van der Waals surface area contributed by atoms with Gasteiger partial charge in [0.15, 0.2) is 0 Å². The van der Waals surface area contributed by atoms with Crippen LogP contribution in [0, 0.1) is 11.6 Å². The molecular weight excluding hydrogens is 490 g/mol. The predicted molar refractivity (Wildman–Crippen MR) is 141 cm³/mol. The van der Waals surface area contributed by atoms with E-state index in [1.807, 2.05) is 39.0 Å². The first-order valence-electron chi connectivity index (χ1n) is 12.8. The van der Waals surface area contributed by atoms with Crippen LogP contribution in [0.25, 0.3) is 0 Å². The van der Waals surface area contributed by atoms with Crippen LogP contribution in [-0.4, -0.2) is 41.9 Å². The molecule has 0 bridgehead atoms. The molecule has 1 amide bonds. The van der Waals surface area contributed by atoms with Gasteiger partial charge < -0.3 is 25.2 Å². The Morgan fingerprint density at radius 1 is 1.08 bits per heavy atom. The Labute approximate surface area is 222 Å². The minimum absolute atomic E-state index is 0.0457. The lowest BCUT2D eigenvalue weighted by molar-refractivity contribution is 0.0819. The third-order valence-corrected chi connectivity index (χ3v) is 6.21. The Bertz CT molecular complexity index is 1230. The molecular formula is C30H34F2N2O4. The number of halogens is 2. The Hall–Kier alpha value is -3.49. The zero-order valence-electron chi connectivity index (χ0n) is 21.8. The molecule has 0 saturated heterocycles. The summed E-state index contributed by atoms with van der Waals surface area (Å²) in [5, 5.41) is 17.4. The second-order valence-electron chi connectivity index (χ2n) is 10.5. The molecule has 6 nitrogen and oxygen atoms in total. The Kier molecular flexibility index (Phi) is 8.64. The summed E-state index contributed by atoms with van der Waals surface area (Å²) < 4.78 is 39.5. The summed E-state index contributed by atoms with van der Waals surface area (Å²) in [7, 11) is 0. The van der Waals surface area contributed by atoms with Crippen molar-refractivity contribution in [2.75, 3.05) is 13.2 Å². The van der Waals surface area contributed by atoms with Gasteiger partial charge in [0, 0.05) is 36.2 Å². The molecule has 0 saturated carbocycles. The van der Waals surface area contributed by atoms with E-state index in [1.165, 1.54) is 12.1 Å². The number of nitrogens with one attached hydrogen (secondary N) is 2. The quantitative estimate of drug-likeness (QED) is 0.369. The molecule has 0 unspecified atom stereocenters. The molecule has 1 heterocycles. The van der Waals surface area contributed by atoms with E-state index in [0.29, 0.717) is 24.2 Å². The number of benzene rings is 3. The minimum Gasteiger partial charge on any atom is -0.493 e. The van der Waals surface area contributed by atoms with Gasteiger partial charge in [-0.3, -0.25) is 4.79 Å². The van der Waals surface area contributed by atoms with E-state index in [9.17, 15) is 18.7 Å². The van der Waals surface area contributed by atoms with Crippen LogP contribution in [0.5, 0.6) is 11.5 Å². The Balaban J connectivity index is 1.50. The molecule has 8 heteroatoms. The maximum absolute atomic E-state index is 13.8. The number of ether oxygens (including phenoxy) is 2. The van der Waals surface area contributed by atoms with E-state index >= 15 is 0 Å². The first-order valence-corrected chi connectivity index (χ1v) is 12.8. The summed E-state index contributed by atoms with van der Waals surface area (Å²) in [6, 6.07) is 16.6. The average molecular weight is 525 g/mol. The van der Waals surface area contributed by atoms with Gasteiger partial charge in [-0.1, -0.05) is 18.2 Å². The highest BCUT2D eigenvalue weighted by molar-refractivity contribution is 5.94. The highest BCUT2D eigenvalue weighted by Gasteiger charge is 2.27. The maximum atomic E-state index is 13.8. The normalized spacial score (nSPS) is 16.6. The van der Waals surface area contributed by atoms with E-state index in [4.69, 9.17) is 9.47 Å². The first kappa shape index (κ1) is 27.5. The maximum Gasteiger partial charge on any atom is 0.251 e. The van der Waals surface area contributed by atoms with E-state index in [0.717, 1.165) is 23.1 Å². The molecule has 3 aromatic rings. The van der Waals surface area contributed by atoms with Crippen molar-refractivity contribution in [1.29, 1.82) is 0 Å². The van der Waals surface area contributed by atoms with E-state index < -0.39 is 23.8 Å². The van der Waals surface area contributed by atoms with Crippen LogP contribution in [0.2, 0.25) is 0 Å². The third-order valence-electron chi connectivity index (χ3n) is 6.21. The van der Waals surface area contributed by atoms with Crippen molar-refractivity contribution in [3.05, 3.63) is 95.1 Å². The van der Waals surface area contributed by atoms with Crippen molar-refractivity contribution in [1.82, 2.24) is 10.6 Å². The molecule has 0 aliphatic carbocycles. The molecule has 1 aliphatic heterocycles. The van der Waals surface area contributed by atoms with Crippen molar-refractivity contribution in [3.8, 4) is 11.5 Å². The van der Waals surface area contributed by atoms with Gasteiger partial charge in [0.25, 0.3) is 5.91 Å². The number of aliphatic hydroxyl groups is 1. The van der Waals surface area contributed by atoms with Crippen LogP contribution < -0.4 is 20.1 Å². The number of hydrogen-bond donors (Lipinski definition) is 3. The Morgan fingerprint density at radius 3 is 2.47 bits per heavy atom. The molecule has 3 atom stereocenters. The SMILES string of the molecule is CC(C)(C)Oc1ccc2c(c1)[C@@H](NC[C@H](O)[C@H](Cc1cc(F)cc(F)c1)NC(=O)c1ccccc1)CCO2. The number of aliphatic hydroxyl groups excluding tert-OH is 1. The standard InChI is InChI=1S/C30H34F2N2O4/c1-30(2,3)38-23-9-10-28-24(17-23)25(11-12-37-28)33-18-27(35)26(15-19-13-21(31)16-22(32)14-19)34-29(36)20-7-5-4-6-8-20/h4-10,13-14,16-17,25-27,33,35H,11-12,15,18H2,1-3H3,(H,34,36)/t25-,26-,27-/m0/s1. The molecule has 1 aliphatic rings. The molecule has 3 N–H and O–H groups in total. The molecule has 3 aromatic carbocycles. The zero-order chi connectivity index (χ0) is 27.3. The summed E-state index contributed by atoms with van der Waals surface area (Å²) in [5.41, 5.74) is 1.32. The van der Waals surface area contributed by atoms with Gasteiger partial charge in [0.2, 0.25) is 0 Å². The fourth-order valence-corrected chi connectivity index (χ4v) is 4.51. The molecule has 0 fully saturated rings. The van der Waals surface area contributed by atoms with Crippen LogP contribution in [0.3, 0.4) is 0 Å². The van der Waals surface area contributed by atoms with Gasteiger partial charge in [0.1, 0.15) is 28.7 Å². The Morgan fingerprint density at radius 2 is 1.79 bits per heavy atom. The summed E-state index contributed by atoms with van der Waals surface area (Å²) in [6.45, 7) is 6.57. The molecule has 0 radical (unpaired) electrons. The van der Waals surface area contributed by atoms with Gasteiger partial charge in [-0.15, -0.1) is 0 Å². The van der Waals surface area contributed by atoms with Crippen LogP contribution in [0.15, 0.2) is 66.7 Å². The lowest BCUT2D eigenvalue weighted by Crippen LogP contribution is -2.49. The number of fused-ring (bicyclic) bond motifs is 1. The van der Waals surface area contributed by atoms with Gasteiger partial charge in [-0.05, 0) is 75.2 Å². The lowest BCUT2D eigenvalue weighted by atomic mass is 9.97. The number of carbonyl (C=O) groups is 1. The molecule has 0 spiro atoms. The largest absolute Gasteiger partial charge is 0.493 e. The highest BCUT2D eigenvalue weighted by Crippen LogP contribution is 2.35. The molecule has 38 heavy (non-hydrogen) atoms. The summed E-state index contributed by atoms with van der Waals surface area (Å²) >= 11 is 0. The van der Waals surface area contributed by atoms with Crippen LogP contribution in [0.4, 0.5) is 8.78 Å². The predicted octanol–water partition coefficient (Wildman–Crippen LogP) is 4.96. The molecule has 202 valence electrons. The summed E-state index contributed by atoms with van der Waals surface area (Å²) in [4.78, 5) is 12.9. The van der Waals surface area contributed by atoms with E-state index in [1.54, 1.807) is 30.3 Å². The monoisotopic (exact) mass is 524 g/mol. The number of carbonyl (C=O) groups excluding carboxylic acids is 1. The minimum atomic E-state index is -1.05. The second-order valence-corrected chi connectivity index (χ2v) is 10.5. The topological polar surface area (TPSA) is 79.8 Å². The van der Waals surface area contributed by atoms with E-state index in [-0.39, 0.29) is 30.5 Å². The molecule has 4 rings (SSSR count). The average Bonchev–Trinajstić information content (AvgIpc) is 2.85. The smallest absolute Gasteiger partial charge is 0.251 e. The van der Waals surface area contributed by atoms with Crippen molar-refractivity contribution < 1.29 is 28.2 Å². The summed E-state index contributed by atoms with van der Waals surface area (Å²) in [5.74, 6) is -0.350. The highest BCUT2D eigenvalue weighted by atomic mass is 19.1. The lowest BCUT2D eigenvalue weighted by Gasteiger charge is -2.31. The summed E-state index contributed by atoms with van der Waals surface area (Å²) in [6.07, 6.45) is -0.326. The van der Waals surface area contributed by atoms with Crippen molar-refractivity contribution in [2.24, 2.45) is 0 Å². The number of hydrogen-bond acceptors (Lipinski definition) is 5. The van der Waals surface area contributed by atoms with Crippen LogP contribution in [-0.2, 0) is 6.42 Å². The van der Waals surface area contributed by atoms with Gasteiger partial charge in [-0.25, -0.2) is 8.78 Å². The molecule has 0 aromatic heterocycles. The second kappa shape index (κ2) is 11.9. The van der Waals surface area contributed by atoms with E-state index in [2.05, 4.69) is 10.6 Å².